The van der Waals surface area contributed by atoms with E-state index < -0.39 is 17.7 Å². The molecule has 3 rings (SSSR count). The Morgan fingerprint density at radius 3 is 2.50 bits per heavy atom. The number of hydrogen-bond acceptors (Lipinski definition) is 5. The normalized spacial score (nSPS) is 11.3. The molecule has 0 aliphatic carbocycles. The number of nitrogens with zero attached hydrogens (tertiary/aromatic N) is 1. The lowest BCUT2D eigenvalue weighted by Gasteiger charge is -2.19. The average molecular weight is 482 g/mol. The molecule has 2 aromatic carbocycles. The summed E-state index contributed by atoms with van der Waals surface area (Å²) in [6.07, 6.45) is -3.06. The van der Waals surface area contributed by atoms with Crippen LogP contribution in [0.3, 0.4) is 0 Å². The fourth-order valence-electron chi connectivity index (χ4n) is 2.99. The van der Waals surface area contributed by atoms with Crippen molar-refractivity contribution in [2.24, 2.45) is 0 Å². The lowest BCUT2D eigenvalue weighted by atomic mass is 10.1. The van der Waals surface area contributed by atoms with Crippen LogP contribution in [0.2, 0.25) is 5.02 Å². The molecule has 0 spiro atoms. The first-order valence-corrected chi connectivity index (χ1v) is 11.0. The second-order valence-electron chi connectivity index (χ2n) is 6.66. The number of carbonyl (C=O) groups excluding carboxylic acids is 1. The second-order valence-corrected chi connectivity index (χ2v) is 8.05. The van der Waals surface area contributed by atoms with Crippen molar-refractivity contribution < 1.29 is 27.4 Å². The van der Waals surface area contributed by atoms with Gasteiger partial charge in [-0.3, -0.25) is 4.98 Å². The van der Waals surface area contributed by atoms with E-state index in [1.54, 1.807) is 12.1 Å². The number of ether oxygens (including phenoxy) is 2. The molecule has 0 aliphatic rings. The first kappa shape index (κ1) is 23.9. The summed E-state index contributed by atoms with van der Waals surface area (Å²) in [5.74, 6) is -0.407. The van der Waals surface area contributed by atoms with Crippen LogP contribution in [0.25, 0.3) is 0 Å². The number of esters is 1. The van der Waals surface area contributed by atoms with Crippen molar-refractivity contribution in [1.82, 2.24) is 4.98 Å². The van der Waals surface area contributed by atoms with E-state index in [4.69, 9.17) is 21.1 Å². The summed E-state index contributed by atoms with van der Waals surface area (Å²) in [6.45, 7) is 0.0757. The zero-order chi connectivity index (χ0) is 23.1. The monoisotopic (exact) mass is 481 g/mol. The molecule has 0 bridgehead atoms. The highest BCUT2D eigenvalue weighted by Crippen LogP contribution is 2.42. The number of rotatable bonds is 8. The van der Waals surface area contributed by atoms with Gasteiger partial charge in [-0.1, -0.05) is 41.9 Å². The Balaban J connectivity index is 1.85. The standard InChI is InChI=1S/C23H19ClF3NO3S/c1-30-22(29)16-8-5-11-28-20(16)14-32-13-17-18(23(25,26)27)9-10-19(24)21(17)31-12-15-6-3-2-4-7-15/h2-11H,12-14H2,1H3. The smallest absolute Gasteiger partial charge is 0.416 e. The Kier molecular flexibility index (Phi) is 8.04. The van der Waals surface area contributed by atoms with Crippen LogP contribution in [-0.2, 0) is 29.0 Å². The fourth-order valence-corrected chi connectivity index (χ4v) is 4.24. The van der Waals surface area contributed by atoms with Crippen molar-refractivity contribution in [3.05, 3.63) is 93.8 Å². The maximum atomic E-state index is 13.7. The number of aromatic nitrogens is 1. The van der Waals surface area contributed by atoms with Crippen LogP contribution >= 0.6 is 23.4 Å². The summed E-state index contributed by atoms with van der Waals surface area (Å²) in [5.41, 5.74) is 0.626. The number of carbonyl (C=O) groups is 1. The molecule has 3 aromatic rings. The van der Waals surface area contributed by atoms with Crippen LogP contribution in [0, 0.1) is 0 Å². The number of benzene rings is 2. The lowest BCUT2D eigenvalue weighted by molar-refractivity contribution is -0.138. The van der Waals surface area contributed by atoms with Crippen molar-refractivity contribution in [3.8, 4) is 5.75 Å². The Bertz CT molecular complexity index is 1080. The Hall–Kier alpha value is -2.71. The number of methoxy groups -OCH3 is 1. The number of alkyl halides is 3. The molecule has 0 unspecified atom stereocenters. The third-order valence-electron chi connectivity index (χ3n) is 4.52. The van der Waals surface area contributed by atoms with E-state index >= 15 is 0 Å². The Morgan fingerprint density at radius 2 is 1.81 bits per heavy atom. The van der Waals surface area contributed by atoms with Crippen molar-refractivity contribution in [3.63, 3.8) is 0 Å². The van der Waals surface area contributed by atoms with Gasteiger partial charge in [0.25, 0.3) is 0 Å². The Morgan fingerprint density at radius 1 is 1.06 bits per heavy atom. The quantitative estimate of drug-likeness (QED) is 0.341. The zero-order valence-corrected chi connectivity index (χ0v) is 18.6. The summed E-state index contributed by atoms with van der Waals surface area (Å²) in [7, 11) is 1.25. The van der Waals surface area contributed by atoms with Gasteiger partial charge in [-0.2, -0.15) is 24.9 Å². The van der Waals surface area contributed by atoms with E-state index in [1.807, 2.05) is 30.3 Å². The van der Waals surface area contributed by atoms with Gasteiger partial charge in [0.1, 0.15) is 12.4 Å². The third-order valence-corrected chi connectivity index (χ3v) is 5.79. The summed E-state index contributed by atoms with van der Waals surface area (Å²) in [6, 6.07) is 14.4. The topological polar surface area (TPSA) is 48.4 Å². The highest BCUT2D eigenvalue weighted by Gasteiger charge is 2.35. The lowest BCUT2D eigenvalue weighted by Crippen LogP contribution is -2.11. The predicted molar refractivity (Wildman–Crippen MR) is 118 cm³/mol. The third kappa shape index (κ3) is 5.95. The number of thioether (sulfide) groups is 1. The van der Waals surface area contributed by atoms with Gasteiger partial charge in [0, 0.05) is 23.3 Å². The minimum Gasteiger partial charge on any atom is -0.487 e. The van der Waals surface area contributed by atoms with Crippen LogP contribution in [0.5, 0.6) is 5.75 Å². The Labute approximate surface area is 192 Å². The number of pyridine rings is 1. The highest BCUT2D eigenvalue weighted by molar-refractivity contribution is 7.97. The molecule has 0 N–H and O–H groups in total. The molecule has 0 aliphatic heterocycles. The molecule has 1 aromatic heterocycles. The minimum atomic E-state index is -4.58. The molecule has 0 fully saturated rings. The molecule has 0 atom stereocenters. The van der Waals surface area contributed by atoms with Crippen molar-refractivity contribution in [1.29, 1.82) is 0 Å². The first-order valence-electron chi connectivity index (χ1n) is 9.46. The van der Waals surface area contributed by atoms with Crippen LogP contribution in [0.1, 0.15) is 32.7 Å². The van der Waals surface area contributed by atoms with Crippen LogP contribution in [-0.4, -0.2) is 18.1 Å². The molecule has 9 heteroatoms. The summed E-state index contributed by atoms with van der Waals surface area (Å²) in [5, 5.41) is 0.0950. The van der Waals surface area contributed by atoms with Crippen molar-refractivity contribution >= 4 is 29.3 Å². The van der Waals surface area contributed by atoms with Gasteiger partial charge < -0.3 is 9.47 Å². The van der Waals surface area contributed by atoms with E-state index in [0.29, 0.717) is 5.69 Å². The minimum absolute atomic E-state index is 0.00735. The van der Waals surface area contributed by atoms with Gasteiger partial charge in [-0.15, -0.1) is 0 Å². The van der Waals surface area contributed by atoms with Gasteiger partial charge in [-0.25, -0.2) is 4.79 Å². The van der Waals surface area contributed by atoms with Crippen molar-refractivity contribution in [2.75, 3.05) is 7.11 Å². The number of hydrogen-bond donors (Lipinski definition) is 0. The summed E-state index contributed by atoms with van der Waals surface area (Å²) >= 11 is 7.39. The van der Waals surface area contributed by atoms with Gasteiger partial charge in [0.2, 0.25) is 0 Å². The molecule has 32 heavy (non-hydrogen) atoms. The first-order chi connectivity index (χ1) is 15.3. The molecule has 0 radical (unpaired) electrons. The molecule has 0 amide bonds. The summed E-state index contributed by atoms with van der Waals surface area (Å²) in [4.78, 5) is 16.1. The molecule has 0 saturated heterocycles. The number of halogens is 4. The van der Waals surface area contributed by atoms with Gasteiger partial charge in [0.05, 0.1) is 29.0 Å². The average Bonchev–Trinajstić information content (AvgIpc) is 2.78. The van der Waals surface area contributed by atoms with Crippen LogP contribution in [0.15, 0.2) is 60.8 Å². The van der Waals surface area contributed by atoms with E-state index in [-0.39, 0.29) is 40.0 Å². The summed E-state index contributed by atoms with van der Waals surface area (Å²) < 4.78 is 51.6. The van der Waals surface area contributed by atoms with E-state index in [2.05, 4.69) is 4.98 Å². The van der Waals surface area contributed by atoms with E-state index in [1.165, 1.54) is 31.1 Å². The van der Waals surface area contributed by atoms with Gasteiger partial charge >= 0.3 is 12.1 Å². The molecule has 0 saturated carbocycles. The van der Waals surface area contributed by atoms with E-state index in [9.17, 15) is 18.0 Å². The maximum Gasteiger partial charge on any atom is 0.416 e. The largest absolute Gasteiger partial charge is 0.487 e. The second kappa shape index (κ2) is 10.7. The van der Waals surface area contributed by atoms with Crippen LogP contribution < -0.4 is 4.74 Å². The molecular weight excluding hydrogens is 463 g/mol. The highest BCUT2D eigenvalue weighted by atomic mass is 35.5. The molecule has 4 nitrogen and oxygen atoms in total. The van der Waals surface area contributed by atoms with Crippen LogP contribution in [0.4, 0.5) is 13.2 Å². The van der Waals surface area contributed by atoms with Gasteiger partial charge in [0.15, 0.2) is 0 Å². The molecule has 1 heterocycles. The van der Waals surface area contributed by atoms with E-state index in [0.717, 1.165) is 11.6 Å². The molecular formula is C23H19ClF3NO3S. The zero-order valence-electron chi connectivity index (χ0n) is 17.0. The van der Waals surface area contributed by atoms with Crippen molar-refractivity contribution in [2.45, 2.75) is 24.3 Å². The maximum absolute atomic E-state index is 13.7. The SMILES string of the molecule is COC(=O)c1cccnc1CSCc1c(C(F)(F)F)ccc(Cl)c1OCc1ccccc1. The molecule has 168 valence electrons. The van der Waals surface area contributed by atoms with Gasteiger partial charge in [-0.05, 0) is 29.8 Å². The fraction of sp³-hybridized carbons (Fsp3) is 0.217. The predicted octanol–water partition coefficient (Wildman–Crippen LogP) is 6.55.